The molecule has 202 valence electrons. The van der Waals surface area contributed by atoms with Crippen LogP contribution in [0.3, 0.4) is 0 Å². The number of hydrogen-bond donors (Lipinski definition) is 2. The van der Waals surface area contributed by atoms with Crippen molar-refractivity contribution in [1.82, 2.24) is 20.7 Å². The number of aromatic nitrogens is 1. The van der Waals surface area contributed by atoms with Gasteiger partial charge in [-0.3, -0.25) is 25.2 Å². The largest absolute Gasteiger partial charge is 0.497 e. The number of methoxy groups -OCH3 is 2. The molecule has 1 aliphatic rings. The van der Waals surface area contributed by atoms with Crippen LogP contribution in [0.15, 0.2) is 29.6 Å². The van der Waals surface area contributed by atoms with Crippen molar-refractivity contribution >= 4 is 29.1 Å². The van der Waals surface area contributed by atoms with Crippen molar-refractivity contribution in [2.45, 2.75) is 25.2 Å². The number of likely N-dealkylation sites (tertiary alicyclic amines) is 1. The molecule has 0 unspecified atom stereocenters. The molecular formula is C25H34N4O7S. The highest BCUT2D eigenvalue weighted by Gasteiger charge is 2.26. The van der Waals surface area contributed by atoms with Gasteiger partial charge < -0.3 is 23.8 Å². The number of thiazole rings is 1. The molecule has 1 aliphatic heterocycles. The van der Waals surface area contributed by atoms with Crippen LogP contribution in [0, 0.1) is 0 Å². The number of ether oxygens (including phenoxy) is 4. The molecule has 0 radical (unpaired) electrons. The standard InChI is InChI=1S/C25H34N4O7S/c1-33-10-11-35-12-13-36-16-23(31)29-8-6-19(7-9-29)25-26-21(17-37-25)24(32)28-27-22(30)15-18-4-3-5-20(14-18)34-2/h3-5,14,17,19H,6-13,15-16H2,1-2H3,(H,27,30)(H,28,32). The Morgan fingerprint density at radius 2 is 1.81 bits per heavy atom. The molecule has 2 heterocycles. The van der Waals surface area contributed by atoms with Gasteiger partial charge in [0, 0.05) is 31.5 Å². The highest BCUT2D eigenvalue weighted by molar-refractivity contribution is 7.09. The number of nitrogens with one attached hydrogen (secondary N) is 2. The minimum Gasteiger partial charge on any atom is -0.497 e. The molecule has 1 saturated heterocycles. The number of piperidine rings is 1. The number of hydrogen-bond acceptors (Lipinski definition) is 9. The van der Waals surface area contributed by atoms with Crippen LogP contribution >= 0.6 is 11.3 Å². The minimum atomic E-state index is -0.475. The second-order valence-electron chi connectivity index (χ2n) is 8.41. The third-order valence-electron chi connectivity index (χ3n) is 5.80. The quantitative estimate of drug-likeness (QED) is 0.293. The van der Waals surface area contributed by atoms with Gasteiger partial charge in [0.25, 0.3) is 5.91 Å². The van der Waals surface area contributed by atoms with E-state index >= 15 is 0 Å². The van der Waals surface area contributed by atoms with Crippen molar-refractivity contribution in [3.8, 4) is 5.75 Å². The van der Waals surface area contributed by atoms with Crippen molar-refractivity contribution in [3.05, 3.63) is 45.9 Å². The Hall–Kier alpha value is -3.06. The van der Waals surface area contributed by atoms with E-state index in [9.17, 15) is 14.4 Å². The van der Waals surface area contributed by atoms with Gasteiger partial charge in [-0.05, 0) is 30.5 Å². The minimum absolute atomic E-state index is 0.0312. The molecule has 0 atom stereocenters. The van der Waals surface area contributed by atoms with Crippen molar-refractivity contribution in [2.24, 2.45) is 0 Å². The summed E-state index contributed by atoms with van der Waals surface area (Å²) < 4.78 is 20.8. The van der Waals surface area contributed by atoms with Crippen LogP contribution < -0.4 is 15.6 Å². The first-order valence-electron chi connectivity index (χ1n) is 12.1. The maximum Gasteiger partial charge on any atom is 0.289 e. The number of nitrogens with zero attached hydrogens (tertiary/aromatic N) is 2. The fourth-order valence-corrected chi connectivity index (χ4v) is 4.74. The van der Waals surface area contributed by atoms with Gasteiger partial charge in [0.1, 0.15) is 18.1 Å². The zero-order valence-corrected chi connectivity index (χ0v) is 22.0. The molecule has 1 aromatic carbocycles. The van der Waals surface area contributed by atoms with Crippen molar-refractivity contribution in [1.29, 1.82) is 0 Å². The van der Waals surface area contributed by atoms with Gasteiger partial charge >= 0.3 is 0 Å². The fourth-order valence-electron chi connectivity index (χ4n) is 3.77. The van der Waals surface area contributed by atoms with Crippen LogP contribution in [-0.2, 0) is 30.2 Å². The summed E-state index contributed by atoms with van der Waals surface area (Å²) >= 11 is 1.41. The maximum atomic E-state index is 12.5. The third kappa shape index (κ3) is 9.39. The summed E-state index contributed by atoms with van der Waals surface area (Å²) in [5.41, 5.74) is 5.86. The lowest BCUT2D eigenvalue weighted by atomic mass is 9.97. The predicted octanol–water partition coefficient (Wildman–Crippen LogP) is 1.54. The Kier molecular flexibility index (Phi) is 11.8. The van der Waals surface area contributed by atoms with Gasteiger partial charge in [0.2, 0.25) is 11.8 Å². The van der Waals surface area contributed by atoms with E-state index < -0.39 is 5.91 Å². The summed E-state index contributed by atoms with van der Waals surface area (Å²) in [4.78, 5) is 43.3. The second-order valence-corrected chi connectivity index (χ2v) is 9.30. The molecule has 2 N–H and O–H groups in total. The molecule has 0 bridgehead atoms. The third-order valence-corrected chi connectivity index (χ3v) is 6.80. The van der Waals surface area contributed by atoms with E-state index in [2.05, 4.69) is 15.8 Å². The van der Waals surface area contributed by atoms with Crippen LogP contribution in [0.2, 0.25) is 0 Å². The number of amides is 3. The second kappa shape index (κ2) is 15.3. The summed E-state index contributed by atoms with van der Waals surface area (Å²) in [6.45, 7) is 3.06. The summed E-state index contributed by atoms with van der Waals surface area (Å²) in [5, 5.41) is 2.53. The van der Waals surface area contributed by atoms with Crippen molar-refractivity contribution in [3.63, 3.8) is 0 Å². The molecule has 0 saturated carbocycles. The monoisotopic (exact) mass is 534 g/mol. The fraction of sp³-hybridized carbons (Fsp3) is 0.520. The predicted molar refractivity (Wildman–Crippen MR) is 136 cm³/mol. The topological polar surface area (TPSA) is 128 Å². The number of carbonyl (C=O) groups is 3. The summed E-state index contributed by atoms with van der Waals surface area (Å²) in [5.74, 6) is -0.0332. The molecule has 11 nitrogen and oxygen atoms in total. The van der Waals surface area contributed by atoms with E-state index in [-0.39, 0.29) is 36.5 Å². The average Bonchev–Trinajstić information content (AvgIpc) is 3.42. The first kappa shape index (κ1) is 28.5. The maximum absolute atomic E-state index is 12.5. The van der Waals surface area contributed by atoms with Crippen molar-refractivity contribution in [2.75, 3.05) is 60.3 Å². The molecule has 3 amide bonds. The van der Waals surface area contributed by atoms with Crippen LogP contribution in [0.4, 0.5) is 0 Å². The van der Waals surface area contributed by atoms with Gasteiger partial charge in [0.15, 0.2) is 0 Å². The van der Waals surface area contributed by atoms with Gasteiger partial charge in [-0.15, -0.1) is 11.3 Å². The highest BCUT2D eigenvalue weighted by atomic mass is 32.1. The summed E-state index contributed by atoms with van der Waals surface area (Å²) in [6.07, 6.45) is 1.62. The van der Waals surface area contributed by atoms with E-state index in [0.29, 0.717) is 45.3 Å². The first-order valence-corrected chi connectivity index (χ1v) is 13.0. The molecule has 3 rings (SSSR count). The SMILES string of the molecule is COCCOCCOCC(=O)N1CCC(c2nc(C(=O)NNC(=O)Cc3cccc(OC)c3)cs2)CC1. The Morgan fingerprint density at radius 3 is 2.57 bits per heavy atom. The van der Waals surface area contributed by atoms with Crippen molar-refractivity contribution < 1.29 is 33.3 Å². The van der Waals surface area contributed by atoms with E-state index in [0.717, 1.165) is 23.4 Å². The lowest BCUT2D eigenvalue weighted by molar-refractivity contribution is -0.137. The number of hydrazine groups is 1. The summed E-state index contributed by atoms with van der Waals surface area (Å²) in [6, 6.07) is 7.17. The molecule has 1 fully saturated rings. The van der Waals surface area contributed by atoms with Gasteiger partial charge in [-0.25, -0.2) is 4.98 Å². The van der Waals surface area contributed by atoms with Crippen LogP contribution in [0.1, 0.15) is 39.8 Å². The van der Waals surface area contributed by atoms with Gasteiger partial charge in [-0.1, -0.05) is 12.1 Å². The van der Waals surface area contributed by atoms with Crippen LogP contribution in [-0.4, -0.2) is 87.9 Å². The van der Waals surface area contributed by atoms with E-state index in [1.54, 1.807) is 42.7 Å². The number of carbonyl (C=O) groups excluding carboxylic acids is 3. The van der Waals surface area contributed by atoms with E-state index in [1.165, 1.54) is 11.3 Å². The van der Waals surface area contributed by atoms with E-state index in [1.807, 2.05) is 6.07 Å². The van der Waals surface area contributed by atoms with Gasteiger partial charge in [0.05, 0.1) is 45.0 Å². The zero-order chi connectivity index (χ0) is 26.5. The Morgan fingerprint density at radius 1 is 1.05 bits per heavy atom. The normalized spacial score (nSPS) is 13.8. The lowest BCUT2D eigenvalue weighted by Crippen LogP contribution is -2.42. The zero-order valence-electron chi connectivity index (χ0n) is 21.2. The van der Waals surface area contributed by atoms with Crippen LogP contribution in [0.25, 0.3) is 0 Å². The summed E-state index contributed by atoms with van der Waals surface area (Å²) in [7, 11) is 3.17. The molecular weight excluding hydrogens is 500 g/mol. The highest BCUT2D eigenvalue weighted by Crippen LogP contribution is 2.30. The molecule has 0 aliphatic carbocycles. The molecule has 2 aromatic rings. The average molecular weight is 535 g/mol. The molecule has 1 aromatic heterocycles. The molecule has 0 spiro atoms. The lowest BCUT2D eigenvalue weighted by Gasteiger charge is -2.31. The first-order chi connectivity index (χ1) is 18.0. The smallest absolute Gasteiger partial charge is 0.289 e. The van der Waals surface area contributed by atoms with Crippen LogP contribution in [0.5, 0.6) is 5.75 Å². The number of benzene rings is 1. The molecule has 37 heavy (non-hydrogen) atoms. The molecule has 12 heteroatoms. The Balaban J connectivity index is 1.36. The number of rotatable bonds is 13. The van der Waals surface area contributed by atoms with Gasteiger partial charge in [-0.2, -0.15) is 0 Å². The Labute approximate surface area is 220 Å². The van der Waals surface area contributed by atoms with E-state index in [4.69, 9.17) is 18.9 Å². The Bertz CT molecular complexity index is 1020.